The van der Waals surface area contributed by atoms with E-state index in [4.69, 9.17) is 16.3 Å². The molecule has 1 heterocycles. The van der Waals surface area contributed by atoms with Crippen molar-refractivity contribution in [2.75, 3.05) is 31.6 Å². The zero-order valence-electron chi connectivity index (χ0n) is 11.6. The standard InChI is InChI=1S/C15H21ClN2O2/c16-14-5-4-13(15(10-14)17-12-19)11-20-9-8-18-6-2-1-3-7-18/h4-5,10,12H,1-3,6-9,11H2,(H,17,19). The number of nitrogens with one attached hydrogen (secondary N) is 1. The molecule has 1 N–H and O–H groups in total. The van der Waals surface area contributed by atoms with Crippen molar-refractivity contribution in [1.82, 2.24) is 4.90 Å². The van der Waals surface area contributed by atoms with Crippen LogP contribution in [0.1, 0.15) is 24.8 Å². The molecule has 1 aliphatic heterocycles. The summed E-state index contributed by atoms with van der Waals surface area (Å²) in [4.78, 5) is 13.0. The van der Waals surface area contributed by atoms with Gasteiger partial charge in [-0.1, -0.05) is 24.1 Å². The zero-order chi connectivity index (χ0) is 14.2. The molecule has 0 bridgehead atoms. The molecule has 0 aromatic heterocycles. The van der Waals surface area contributed by atoms with Gasteiger partial charge in [0.2, 0.25) is 6.41 Å². The van der Waals surface area contributed by atoms with Gasteiger partial charge in [0.15, 0.2) is 0 Å². The molecule has 0 saturated carbocycles. The molecule has 20 heavy (non-hydrogen) atoms. The number of carbonyl (C=O) groups is 1. The average molecular weight is 297 g/mol. The molecule has 0 aliphatic carbocycles. The normalized spacial score (nSPS) is 16.1. The topological polar surface area (TPSA) is 41.6 Å². The van der Waals surface area contributed by atoms with Gasteiger partial charge >= 0.3 is 0 Å². The van der Waals surface area contributed by atoms with Gasteiger partial charge in [-0.3, -0.25) is 4.79 Å². The summed E-state index contributed by atoms with van der Waals surface area (Å²) in [5, 5.41) is 3.25. The molecule has 0 atom stereocenters. The van der Waals surface area contributed by atoms with E-state index in [0.29, 0.717) is 30.3 Å². The summed E-state index contributed by atoms with van der Waals surface area (Å²) in [6.45, 7) is 4.54. The second-order valence-corrected chi connectivity index (χ2v) is 5.45. The van der Waals surface area contributed by atoms with E-state index >= 15 is 0 Å². The highest BCUT2D eigenvalue weighted by atomic mass is 35.5. The van der Waals surface area contributed by atoms with E-state index in [1.165, 1.54) is 32.4 Å². The molecule has 0 radical (unpaired) electrons. The fourth-order valence-corrected chi connectivity index (χ4v) is 2.60. The van der Waals surface area contributed by atoms with Gasteiger partial charge in [-0.25, -0.2) is 0 Å². The largest absolute Gasteiger partial charge is 0.375 e. The van der Waals surface area contributed by atoms with Crippen molar-refractivity contribution in [3.63, 3.8) is 0 Å². The lowest BCUT2D eigenvalue weighted by molar-refractivity contribution is -0.105. The molecule has 4 nitrogen and oxygen atoms in total. The van der Waals surface area contributed by atoms with Gasteiger partial charge in [0.25, 0.3) is 0 Å². The first-order valence-corrected chi connectivity index (χ1v) is 7.46. The van der Waals surface area contributed by atoms with Crippen LogP contribution in [0.3, 0.4) is 0 Å². The summed E-state index contributed by atoms with van der Waals surface area (Å²) in [6.07, 6.45) is 4.60. The SMILES string of the molecule is O=CNc1cc(Cl)ccc1COCCN1CCCCC1. The average Bonchev–Trinajstić information content (AvgIpc) is 2.47. The molecule has 2 rings (SSSR count). The number of anilines is 1. The van der Waals surface area contributed by atoms with Gasteiger partial charge in [-0.2, -0.15) is 0 Å². The Morgan fingerprint density at radius 3 is 2.85 bits per heavy atom. The Bertz CT molecular complexity index is 434. The Labute approximate surface area is 125 Å². The van der Waals surface area contributed by atoms with Crippen molar-refractivity contribution < 1.29 is 9.53 Å². The fraction of sp³-hybridized carbons (Fsp3) is 0.533. The molecule has 1 fully saturated rings. The monoisotopic (exact) mass is 296 g/mol. The molecule has 0 unspecified atom stereocenters. The minimum atomic E-state index is 0.487. The third kappa shape index (κ3) is 4.78. The number of halogens is 1. The molecule has 1 saturated heterocycles. The number of hydrogen-bond acceptors (Lipinski definition) is 3. The van der Waals surface area contributed by atoms with E-state index in [-0.39, 0.29) is 0 Å². The van der Waals surface area contributed by atoms with Gasteiger partial charge in [-0.15, -0.1) is 0 Å². The summed E-state index contributed by atoms with van der Waals surface area (Å²) < 4.78 is 5.71. The highest BCUT2D eigenvalue weighted by Gasteiger charge is 2.09. The van der Waals surface area contributed by atoms with Crippen molar-refractivity contribution in [3.8, 4) is 0 Å². The third-order valence-electron chi connectivity index (χ3n) is 3.54. The number of likely N-dealkylation sites (tertiary alicyclic amines) is 1. The van der Waals surface area contributed by atoms with Crippen molar-refractivity contribution in [2.24, 2.45) is 0 Å². The molecule has 1 aromatic rings. The van der Waals surface area contributed by atoms with Crippen molar-refractivity contribution in [1.29, 1.82) is 0 Å². The number of carbonyl (C=O) groups excluding carboxylic acids is 1. The van der Waals surface area contributed by atoms with Gasteiger partial charge in [0, 0.05) is 22.8 Å². The quantitative estimate of drug-likeness (QED) is 0.621. The number of ether oxygens (including phenoxy) is 1. The van der Waals surface area contributed by atoms with Gasteiger partial charge in [0.05, 0.1) is 13.2 Å². The predicted molar refractivity (Wildman–Crippen MR) is 81.1 cm³/mol. The van der Waals surface area contributed by atoms with Gasteiger partial charge in [-0.05, 0) is 38.1 Å². The predicted octanol–water partition coefficient (Wildman–Crippen LogP) is 2.91. The highest BCUT2D eigenvalue weighted by Crippen LogP contribution is 2.21. The van der Waals surface area contributed by atoms with E-state index in [1.54, 1.807) is 12.1 Å². The fourth-order valence-electron chi connectivity index (χ4n) is 2.43. The maximum atomic E-state index is 10.6. The smallest absolute Gasteiger partial charge is 0.211 e. The Morgan fingerprint density at radius 2 is 2.10 bits per heavy atom. The second kappa shape index (κ2) is 8.25. The molecule has 1 aliphatic rings. The Kier molecular flexibility index (Phi) is 6.30. The van der Waals surface area contributed by atoms with E-state index in [0.717, 1.165) is 12.1 Å². The summed E-state index contributed by atoms with van der Waals surface area (Å²) in [5.74, 6) is 0. The summed E-state index contributed by atoms with van der Waals surface area (Å²) in [7, 11) is 0. The number of nitrogens with zero attached hydrogens (tertiary/aromatic N) is 1. The first-order chi connectivity index (χ1) is 9.79. The van der Waals surface area contributed by atoms with Crippen LogP contribution in [0.5, 0.6) is 0 Å². The van der Waals surface area contributed by atoms with Crippen LogP contribution in [0.25, 0.3) is 0 Å². The van der Waals surface area contributed by atoms with Gasteiger partial charge in [0.1, 0.15) is 0 Å². The van der Waals surface area contributed by atoms with E-state index < -0.39 is 0 Å². The molecule has 1 aromatic carbocycles. The number of piperidine rings is 1. The van der Waals surface area contributed by atoms with Gasteiger partial charge < -0.3 is 15.0 Å². The lowest BCUT2D eigenvalue weighted by atomic mass is 10.1. The summed E-state index contributed by atoms with van der Waals surface area (Å²) in [5.41, 5.74) is 1.66. The van der Waals surface area contributed by atoms with Crippen LogP contribution >= 0.6 is 11.6 Å². The highest BCUT2D eigenvalue weighted by molar-refractivity contribution is 6.30. The summed E-state index contributed by atoms with van der Waals surface area (Å²) >= 11 is 5.91. The lowest BCUT2D eigenvalue weighted by Crippen LogP contribution is -2.32. The van der Waals surface area contributed by atoms with Crippen molar-refractivity contribution in [2.45, 2.75) is 25.9 Å². The zero-order valence-corrected chi connectivity index (χ0v) is 12.4. The minimum absolute atomic E-state index is 0.487. The number of benzene rings is 1. The van der Waals surface area contributed by atoms with E-state index in [1.807, 2.05) is 6.07 Å². The molecule has 110 valence electrons. The maximum Gasteiger partial charge on any atom is 0.211 e. The molecular weight excluding hydrogens is 276 g/mol. The molecule has 5 heteroatoms. The van der Waals surface area contributed by atoms with Crippen LogP contribution in [0.4, 0.5) is 5.69 Å². The van der Waals surface area contributed by atoms with Crippen LogP contribution in [-0.4, -0.2) is 37.6 Å². The van der Waals surface area contributed by atoms with E-state index in [2.05, 4.69) is 10.2 Å². The number of hydrogen-bond donors (Lipinski definition) is 1. The molecule has 0 spiro atoms. The Hall–Kier alpha value is -1.10. The number of amides is 1. The Morgan fingerprint density at radius 1 is 1.30 bits per heavy atom. The van der Waals surface area contributed by atoms with Crippen LogP contribution < -0.4 is 5.32 Å². The lowest BCUT2D eigenvalue weighted by Gasteiger charge is -2.26. The van der Waals surface area contributed by atoms with Crippen molar-refractivity contribution in [3.05, 3.63) is 28.8 Å². The minimum Gasteiger partial charge on any atom is -0.375 e. The van der Waals surface area contributed by atoms with E-state index in [9.17, 15) is 4.79 Å². The van der Waals surface area contributed by atoms with Crippen molar-refractivity contribution >= 4 is 23.7 Å². The van der Waals surface area contributed by atoms with Crippen LogP contribution in [0.15, 0.2) is 18.2 Å². The molecular formula is C15H21ClN2O2. The maximum absolute atomic E-state index is 10.6. The van der Waals surface area contributed by atoms with Crippen LogP contribution in [-0.2, 0) is 16.1 Å². The third-order valence-corrected chi connectivity index (χ3v) is 3.78. The van der Waals surface area contributed by atoms with Crippen LogP contribution in [0.2, 0.25) is 5.02 Å². The number of rotatable bonds is 7. The second-order valence-electron chi connectivity index (χ2n) is 5.02. The first-order valence-electron chi connectivity index (χ1n) is 7.08. The Balaban J connectivity index is 1.76. The summed E-state index contributed by atoms with van der Waals surface area (Å²) in [6, 6.07) is 5.43. The molecule has 1 amide bonds. The first kappa shape index (κ1) is 15.3. The van der Waals surface area contributed by atoms with Crippen LogP contribution in [0, 0.1) is 0 Å².